The highest BCUT2D eigenvalue weighted by Crippen LogP contribution is 2.29. The summed E-state index contributed by atoms with van der Waals surface area (Å²) in [5.41, 5.74) is 1.20. The number of likely N-dealkylation sites (N-methyl/N-ethyl adjacent to an activating group) is 1. The number of aryl methyl sites for hydroxylation is 1. The van der Waals surface area contributed by atoms with Crippen LogP contribution >= 0.6 is 0 Å². The zero-order chi connectivity index (χ0) is 14.7. The molecule has 3 rings (SSSR count). The van der Waals surface area contributed by atoms with Gasteiger partial charge in [0.25, 0.3) is 0 Å². The van der Waals surface area contributed by atoms with Crippen LogP contribution in [-0.4, -0.2) is 52.9 Å². The molecule has 1 aromatic heterocycles. The number of hydrogen-bond donors (Lipinski definition) is 0. The van der Waals surface area contributed by atoms with Crippen LogP contribution in [0.5, 0.6) is 0 Å². The molecule has 0 bridgehead atoms. The van der Waals surface area contributed by atoms with Crippen molar-refractivity contribution in [2.24, 2.45) is 0 Å². The van der Waals surface area contributed by atoms with Crippen molar-refractivity contribution in [3.8, 4) is 0 Å². The summed E-state index contributed by atoms with van der Waals surface area (Å²) in [6.45, 7) is 2.13. The lowest BCUT2D eigenvalue weighted by atomic mass is 10.0. The zero-order valence-electron chi connectivity index (χ0n) is 12.9. The molecule has 1 amide bonds. The van der Waals surface area contributed by atoms with Gasteiger partial charge in [-0.25, -0.2) is 0 Å². The molecule has 1 aromatic rings. The first-order valence-corrected chi connectivity index (χ1v) is 8.14. The van der Waals surface area contributed by atoms with Gasteiger partial charge in [-0.3, -0.25) is 9.78 Å². The van der Waals surface area contributed by atoms with Crippen LogP contribution in [0.4, 0.5) is 0 Å². The zero-order valence-corrected chi connectivity index (χ0v) is 12.9. The molecule has 4 heteroatoms. The molecule has 114 valence electrons. The largest absolute Gasteiger partial charge is 0.338 e. The van der Waals surface area contributed by atoms with Gasteiger partial charge in [0.05, 0.1) is 0 Å². The average molecular weight is 287 g/mol. The van der Waals surface area contributed by atoms with Crippen molar-refractivity contribution in [2.75, 3.05) is 20.1 Å². The van der Waals surface area contributed by atoms with E-state index in [9.17, 15) is 4.79 Å². The minimum atomic E-state index is 0.328. The molecular weight excluding hydrogens is 262 g/mol. The second-order valence-corrected chi connectivity index (χ2v) is 6.34. The number of nitrogens with zero attached hydrogens (tertiary/aromatic N) is 3. The normalized spacial score (nSPS) is 26.4. The van der Waals surface area contributed by atoms with Crippen LogP contribution in [0, 0.1) is 0 Å². The maximum absolute atomic E-state index is 12.6. The predicted octanol–water partition coefficient (Wildman–Crippen LogP) is 2.10. The molecular formula is C17H25N3O. The number of aromatic nitrogens is 1. The molecule has 0 aromatic carbocycles. The summed E-state index contributed by atoms with van der Waals surface area (Å²) in [7, 11) is 2.20. The molecule has 0 N–H and O–H groups in total. The molecule has 0 saturated carbocycles. The molecule has 2 unspecified atom stereocenters. The van der Waals surface area contributed by atoms with Gasteiger partial charge in [-0.2, -0.15) is 0 Å². The van der Waals surface area contributed by atoms with E-state index in [1.165, 1.54) is 31.4 Å². The van der Waals surface area contributed by atoms with Crippen molar-refractivity contribution in [1.82, 2.24) is 14.8 Å². The highest BCUT2D eigenvalue weighted by Gasteiger charge is 2.37. The first kappa shape index (κ1) is 14.5. The minimum Gasteiger partial charge on any atom is -0.338 e. The summed E-state index contributed by atoms with van der Waals surface area (Å²) >= 11 is 0. The Bertz CT molecular complexity index is 476. The standard InChI is InChI=1S/C17H25N3O/c1-19-12-2-4-15(19)16-5-3-13-20(16)17(21)7-6-14-8-10-18-11-9-14/h8-11,15-16H,2-7,12-13H2,1H3. The topological polar surface area (TPSA) is 36.4 Å². The quantitative estimate of drug-likeness (QED) is 0.851. The summed E-state index contributed by atoms with van der Waals surface area (Å²) in [4.78, 5) is 21.2. The minimum absolute atomic E-state index is 0.328. The van der Waals surface area contributed by atoms with Crippen LogP contribution in [0.15, 0.2) is 24.5 Å². The van der Waals surface area contributed by atoms with E-state index in [-0.39, 0.29) is 0 Å². The van der Waals surface area contributed by atoms with Gasteiger partial charge in [0.15, 0.2) is 0 Å². The van der Waals surface area contributed by atoms with E-state index in [2.05, 4.69) is 21.8 Å². The maximum atomic E-state index is 12.6. The first-order valence-electron chi connectivity index (χ1n) is 8.14. The molecule has 2 saturated heterocycles. The summed E-state index contributed by atoms with van der Waals surface area (Å²) < 4.78 is 0. The Balaban J connectivity index is 1.58. The van der Waals surface area contributed by atoms with Gasteiger partial charge in [0.2, 0.25) is 5.91 Å². The van der Waals surface area contributed by atoms with E-state index in [0.29, 0.717) is 24.4 Å². The lowest BCUT2D eigenvalue weighted by molar-refractivity contribution is -0.132. The summed E-state index contributed by atoms with van der Waals surface area (Å²) in [5, 5.41) is 0. The van der Waals surface area contributed by atoms with Crippen LogP contribution < -0.4 is 0 Å². The lowest BCUT2D eigenvalue weighted by Crippen LogP contribution is -2.47. The molecule has 0 radical (unpaired) electrons. The van der Waals surface area contributed by atoms with Crippen LogP contribution in [0.1, 0.15) is 37.7 Å². The highest BCUT2D eigenvalue weighted by atomic mass is 16.2. The van der Waals surface area contributed by atoms with Crippen molar-refractivity contribution in [2.45, 2.75) is 50.6 Å². The third kappa shape index (κ3) is 3.26. The summed E-state index contributed by atoms with van der Waals surface area (Å²) in [5.74, 6) is 0.328. The van der Waals surface area contributed by atoms with Crippen LogP contribution in [0.25, 0.3) is 0 Å². The van der Waals surface area contributed by atoms with Crippen LogP contribution in [-0.2, 0) is 11.2 Å². The second kappa shape index (κ2) is 6.56. The Labute approximate surface area is 127 Å². The Morgan fingerprint density at radius 1 is 1.19 bits per heavy atom. The van der Waals surface area contributed by atoms with Crippen molar-refractivity contribution >= 4 is 5.91 Å². The number of likely N-dealkylation sites (tertiary alicyclic amines) is 2. The second-order valence-electron chi connectivity index (χ2n) is 6.34. The number of amides is 1. The predicted molar refractivity (Wildman–Crippen MR) is 82.9 cm³/mol. The molecule has 21 heavy (non-hydrogen) atoms. The molecule has 2 aliphatic rings. The maximum Gasteiger partial charge on any atom is 0.223 e. The number of rotatable bonds is 4. The SMILES string of the molecule is CN1CCCC1C1CCCN1C(=O)CCc1ccncc1. The van der Waals surface area contributed by atoms with Crippen LogP contribution in [0.2, 0.25) is 0 Å². The first-order chi connectivity index (χ1) is 10.3. The van der Waals surface area contributed by atoms with Gasteiger partial charge in [-0.1, -0.05) is 0 Å². The number of hydrogen-bond acceptors (Lipinski definition) is 3. The van der Waals surface area contributed by atoms with E-state index in [1.807, 2.05) is 12.1 Å². The van der Waals surface area contributed by atoms with E-state index in [1.54, 1.807) is 12.4 Å². The van der Waals surface area contributed by atoms with Gasteiger partial charge in [-0.05, 0) is 63.4 Å². The van der Waals surface area contributed by atoms with Crippen molar-refractivity contribution in [3.63, 3.8) is 0 Å². The van der Waals surface area contributed by atoms with E-state index in [0.717, 1.165) is 19.4 Å². The number of carbonyl (C=O) groups excluding carboxylic acids is 1. The molecule has 0 aliphatic carbocycles. The van der Waals surface area contributed by atoms with Crippen molar-refractivity contribution in [1.29, 1.82) is 0 Å². The molecule has 2 fully saturated rings. The molecule has 3 heterocycles. The molecule has 2 aliphatic heterocycles. The van der Waals surface area contributed by atoms with Gasteiger partial charge in [0.1, 0.15) is 0 Å². The fourth-order valence-corrected chi connectivity index (χ4v) is 3.87. The fourth-order valence-electron chi connectivity index (χ4n) is 3.87. The Kier molecular flexibility index (Phi) is 4.54. The van der Waals surface area contributed by atoms with Crippen molar-refractivity contribution < 1.29 is 4.79 Å². The average Bonchev–Trinajstić information content (AvgIpc) is 3.14. The van der Waals surface area contributed by atoms with Gasteiger partial charge >= 0.3 is 0 Å². The van der Waals surface area contributed by atoms with Gasteiger partial charge < -0.3 is 9.80 Å². The number of pyridine rings is 1. The third-order valence-electron chi connectivity index (χ3n) is 5.02. The Morgan fingerprint density at radius 3 is 2.62 bits per heavy atom. The lowest BCUT2D eigenvalue weighted by Gasteiger charge is -2.33. The van der Waals surface area contributed by atoms with Gasteiger partial charge in [-0.15, -0.1) is 0 Å². The molecule has 2 atom stereocenters. The number of carbonyl (C=O) groups is 1. The van der Waals surface area contributed by atoms with Crippen LogP contribution in [0.3, 0.4) is 0 Å². The summed E-state index contributed by atoms with van der Waals surface area (Å²) in [6, 6.07) is 5.03. The molecule has 0 spiro atoms. The Hall–Kier alpha value is -1.42. The van der Waals surface area contributed by atoms with E-state index < -0.39 is 0 Å². The van der Waals surface area contributed by atoms with E-state index in [4.69, 9.17) is 0 Å². The fraction of sp³-hybridized carbons (Fsp3) is 0.647. The monoisotopic (exact) mass is 287 g/mol. The van der Waals surface area contributed by atoms with Gasteiger partial charge in [0, 0.05) is 37.4 Å². The Morgan fingerprint density at radius 2 is 1.90 bits per heavy atom. The smallest absolute Gasteiger partial charge is 0.223 e. The molecule has 4 nitrogen and oxygen atoms in total. The highest BCUT2D eigenvalue weighted by molar-refractivity contribution is 5.77. The van der Waals surface area contributed by atoms with Crippen molar-refractivity contribution in [3.05, 3.63) is 30.1 Å². The summed E-state index contributed by atoms with van der Waals surface area (Å²) in [6.07, 6.45) is 9.90. The third-order valence-corrected chi connectivity index (χ3v) is 5.02. The van der Waals surface area contributed by atoms with E-state index >= 15 is 0 Å².